The molecular weight excluding hydrogens is 355 g/mol. The molecule has 0 N–H and O–H groups in total. The molecule has 2 rings (SSSR count). The van der Waals surface area contributed by atoms with Crippen LogP contribution in [0, 0.1) is 6.92 Å². The van der Waals surface area contributed by atoms with E-state index in [4.69, 9.17) is 38.6 Å². The van der Waals surface area contributed by atoms with E-state index in [2.05, 4.69) is 0 Å². The number of halogens is 3. The van der Waals surface area contributed by atoms with Gasteiger partial charge in [-0.25, -0.2) is 8.42 Å². The SMILES string of the molecule is Cc1ccc(OCc2ccc(Cl)cc2Cl)c(S(=O)(=O)Cl)c1. The number of ether oxygens (including phenoxy) is 1. The molecule has 112 valence electrons. The number of aryl methyl sites for hydroxylation is 1. The van der Waals surface area contributed by atoms with E-state index in [1.807, 2.05) is 0 Å². The average Bonchev–Trinajstić information content (AvgIpc) is 2.38. The fraction of sp³-hybridized carbons (Fsp3) is 0.143. The molecule has 0 aromatic heterocycles. The smallest absolute Gasteiger partial charge is 0.264 e. The van der Waals surface area contributed by atoms with Crippen LogP contribution >= 0.6 is 33.9 Å². The van der Waals surface area contributed by atoms with Gasteiger partial charge >= 0.3 is 0 Å². The fourth-order valence-corrected chi connectivity index (χ4v) is 3.24. The van der Waals surface area contributed by atoms with E-state index in [0.29, 0.717) is 15.6 Å². The highest BCUT2D eigenvalue weighted by Gasteiger charge is 2.17. The molecule has 0 saturated heterocycles. The van der Waals surface area contributed by atoms with Crippen LogP contribution < -0.4 is 4.74 Å². The van der Waals surface area contributed by atoms with Gasteiger partial charge in [-0.2, -0.15) is 0 Å². The summed E-state index contributed by atoms with van der Waals surface area (Å²) in [5.41, 5.74) is 1.46. The van der Waals surface area contributed by atoms with Gasteiger partial charge in [0.05, 0.1) is 0 Å². The molecule has 0 unspecified atom stereocenters. The van der Waals surface area contributed by atoms with Crippen molar-refractivity contribution in [3.05, 3.63) is 57.6 Å². The number of hydrogen-bond acceptors (Lipinski definition) is 3. The van der Waals surface area contributed by atoms with Crippen molar-refractivity contribution in [2.75, 3.05) is 0 Å². The molecule has 0 amide bonds. The molecule has 0 radical (unpaired) electrons. The summed E-state index contributed by atoms with van der Waals surface area (Å²) in [5.74, 6) is 0.182. The van der Waals surface area contributed by atoms with Crippen molar-refractivity contribution in [2.45, 2.75) is 18.4 Å². The third-order valence-electron chi connectivity index (χ3n) is 2.76. The molecule has 2 aromatic rings. The fourth-order valence-electron chi connectivity index (χ4n) is 1.72. The Hall–Kier alpha value is -0.940. The molecule has 0 fully saturated rings. The molecule has 0 aliphatic carbocycles. The largest absolute Gasteiger partial charge is 0.487 e. The van der Waals surface area contributed by atoms with Crippen molar-refractivity contribution in [1.29, 1.82) is 0 Å². The van der Waals surface area contributed by atoms with E-state index in [-0.39, 0.29) is 17.3 Å². The van der Waals surface area contributed by atoms with Gasteiger partial charge in [-0.3, -0.25) is 0 Å². The van der Waals surface area contributed by atoms with E-state index >= 15 is 0 Å². The quantitative estimate of drug-likeness (QED) is 0.730. The lowest BCUT2D eigenvalue weighted by molar-refractivity contribution is 0.298. The molecule has 0 bridgehead atoms. The second-order valence-corrected chi connectivity index (χ2v) is 7.79. The minimum atomic E-state index is -3.88. The van der Waals surface area contributed by atoms with Crippen LogP contribution in [0.4, 0.5) is 0 Å². The summed E-state index contributed by atoms with van der Waals surface area (Å²) in [7, 11) is 1.53. The predicted molar refractivity (Wildman–Crippen MR) is 85.0 cm³/mol. The Bertz CT molecular complexity index is 773. The molecule has 21 heavy (non-hydrogen) atoms. The third kappa shape index (κ3) is 4.27. The van der Waals surface area contributed by atoms with E-state index in [1.165, 1.54) is 6.07 Å². The highest BCUT2D eigenvalue weighted by atomic mass is 35.7. The molecule has 0 atom stereocenters. The minimum absolute atomic E-state index is 0.0609. The molecule has 0 heterocycles. The van der Waals surface area contributed by atoms with Crippen molar-refractivity contribution < 1.29 is 13.2 Å². The number of rotatable bonds is 4. The molecule has 7 heteroatoms. The summed E-state index contributed by atoms with van der Waals surface area (Å²) in [6.07, 6.45) is 0. The molecule has 0 spiro atoms. The van der Waals surface area contributed by atoms with Gasteiger partial charge in [-0.1, -0.05) is 35.3 Å². The molecule has 0 aliphatic rings. The Morgan fingerprint density at radius 3 is 2.43 bits per heavy atom. The van der Waals surface area contributed by atoms with Crippen LogP contribution in [0.15, 0.2) is 41.3 Å². The Morgan fingerprint density at radius 2 is 1.81 bits per heavy atom. The van der Waals surface area contributed by atoms with Gasteiger partial charge in [0.2, 0.25) is 0 Å². The lowest BCUT2D eigenvalue weighted by Gasteiger charge is -2.11. The predicted octanol–water partition coefficient (Wildman–Crippen LogP) is 4.81. The summed E-state index contributed by atoms with van der Waals surface area (Å²) in [5, 5.41) is 0.966. The first-order valence-corrected chi connectivity index (χ1v) is 8.96. The Labute approximate surface area is 137 Å². The number of benzene rings is 2. The molecular formula is C14H11Cl3O3S. The van der Waals surface area contributed by atoms with Gasteiger partial charge in [0.1, 0.15) is 17.3 Å². The zero-order valence-electron chi connectivity index (χ0n) is 10.9. The van der Waals surface area contributed by atoms with E-state index in [0.717, 1.165) is 5.56 Å². The van der Waals surface area contributed by atoms with Crippen LogP contribution in [-0.4, -0.2) is 8.42 Å². The molecule has 0 saturated carbocycles. The van der Waals surface area contributed by atoms with Gasteiger partial charge in [-0.05, 0) is 36.8 Å². The average molecular weight is 366 g/mol. The minimum Gasteiger partial charge on any atom is -0.487 e. The second-order valence-electron chi connectivity index (χ2n) is 4.41. The van der Waals surface area contributed by atoms with Crippen LogP contribution in [0.3, 0.4) is 0 Å². The van der Waals surface area contributed by atoms with E-state index < -0.39 is 9.05 Å². The van der Waals surface area contributed by atoms with Gasteiger partial charge in [0, 0.05) is 26.3 Å². The summed E-state index contributed by atoms with van der Waals surface area (Å²) >= 11 is 11.9. The van der Waals surface area contributed by atoms with Gasteiger partial charge < -0.3 is 4.74 Å². The third-order valence-corrected chi connectivity index (χ3v) is 4.69. The lowest BCUT2D eigenvalue weighted by Crippen LogP contribution is -2.01. The maximum atomic E-state index is 11.6. The zero-order valence-corrected chi connectivity index (χ0v) is 14.0. The van der Waals surface area contributed by atoms with Crippen LogP contribution in [-0.2, 0) is 15.7 Å². The summed E-state index contributed by atoms with van der Waals surface area (Å²) in [6.45, 7) is 1.88. The van der Waals surface area contributed by atoms with Gasteiger partial charge in [-0.15, -0.1) is 0 Å². The van der Waals surface area contributed by atoms with Crippen LogP contribution in [0.5, 0.6) is 5.75 Å². The van der Waals surface area contributed by atoms with Crippen molar-refractivity contribution in [3.8, 4) is 5.75 Å². The molecule has 0 aliphatic heterocycles. The van der Waals surface area contributed by atoms with Gasteiger partial charge in [0.15, 0.2) is 0 Å². The van der Waals surface area contributed by atoms with Crippen LogP contribution in [0.2, 0.25) is 10.0 Å². The first kappa shape index (κ1) is 16.4. The first-order valence-electron chi connectivity index (χ1n) is 5.89. The van der Waals surface area contributed by atoms with E-state index in [1.54, 1.807) is 37.3 Å². The topological polar surface area (TPSA) is 43.4 Å². The Kier molecular flexibility index (Phi) is 5.04. The highest BCUT2D eigenvalue weighted by Crippen LogP contribution is 2.29. The second kappa shape index (κ2) is 6.44. The van der Waals surface area contributed by atoms with Crippen molar-refractivity contribution in [1.82, 2.24) is 0 Å². The molecule has 3 nitrogen and oxygen atoms in total. The van der Waals surface area contributed by atoms with E-state index in [9.17, 15) is 8.42 Å². The number of hydrogen-bond donors (Lipinski definition) is 0. The maximum Gasteiger partial charge on any atom is 0.264 e. The maximum absolute atomic E-state index is 11.6. The summed E-state index contributed by atoms with van der Waals surface area (Å²) < 4.78 is 28.7. The Balaban J connectivity index is 2.28. The molecule has 2 aromatic carbocycles. The zero-order chi connectivity index (χ0) is 15.6. The monoisotopic (exact) mass is 364 g/mol. The summed E-state index contributed by atoms with van der Waals surface area (Å²) in [6, 6.07) is 9.75. The standard InChI is InChI=1S/C14H11Cl3O3S/c1-9-2-5-13(14(6-9)21(17,18)19)20-8-10-3-4-11(15)7-12(10)16/h2-7H,8H2,1H3. The Morgan fingerprint density at radius 1 is 1.10 bits per heavy atom. The van der Waals surface area contributed by atoms with Crippen molar-refractivity contribution in [3.63, 3.8) is 0 Å². The lowest BCUT2D eigenvalue weighted by atomic mass is 10.2. The van der Waals surface area contributed by atoms with Crippen LogP contribution in [0.1, 0.15) is 11.1 Å². The van der Waals surface area contributed by atoms with Gasteiger partial charge in [0.25, 0.3) is 9.05 Å². The van der Waals surface area contributed by atoms with Crippen LogP contribution in [0.25, 0.3) is 0 Å². The summed E-state index contributed by atoms with van der Waals surface area (Å²) in [4.78, 5) is -0.0609. The normalized spacial score (nSPS) is 11.4. The van der Waals surface area contributed by atoms with Crippen molar-refractivity contribution >= 4 is 42.9 Å². The van der Waals surface area contributed by atoms with Crippen molar-refractivity contribution in [2.24, 2.45) is 0 Å². The first-order chi connectivity index (χ1) is 9.77. The highest BCUT2D eigenvalue weighted by molar-refractivity contribution is 8.13.